The fraction of sp³-hybridized carbons (Fsp3) is 0.188. The fourth-order valence-corrected chi connectivity index (χ4v) is 2.18. The van der Waals surface area contributed by atoms with Gasteiger partial charge in [-0.25, -0.2) is 9.97 Å². The molecule has 2 aromatic heterocycles. The van der Waals surface area contributed by atoms with Gasteiger partial charge >= 0.3 is 0 Å². The van der Waals surface area contributed by atoms with Crippen molar-refractivity contribution in [2.75, 3.05) is 11.9 Å². The molecule has 100 valence electrons. The third kappa shape index (κ3) is 2.45. The van der Waals surface area contributed by atoms with Gasteiger partial charge in [-0.15, -0.1) is 0 Å². The van der Waals surface area contributed by atoms with Crippen molar-refractivity contribution >= 4 is 16.7 Å². The molecule has 0 saturated heterocycles. The van der Waals surface area contributed by atoms with Gasteiger partial charge < -0.3 is 5.32 Å². The number of rotatable bonds is 3. The van der Waals surface area contributed by atoms with Gasteiger partial charge in [0.15, 0.2) is 5.82 Å². The summed E-state index contributed by atoms with van der Waals surface area (Å²) in [4.78, 5) is 13.4. The van der Waals surface area contributed by atoms with E-state index in [9.17, 15) is 0 Å². The smallest absolute Gasteiger partial charge is 0.161 e. The number of pyridine rings is 1. The van der Waals surface area contributed by atoms with E-state index >= 15 is 0 Å². The van der Waals surface area contributed by atoms with Crippen LogP contribution in [-0.2, 0) is 0 Å². The Labute approximate surface area is 117 Å². The lowest BCUT2D eigenvalue weighted by Crippen LogP contribution is -2.02. The van der Waals surface area contributed by atoms with Gasteiger partial charge in [0, 0.05) is 35.5 Å². The topological polar surface area (TPSA) is 50.7 Å². The molecule has 0 saturated carbocycles. The van der Waals surface area contributed by atoms with Gasteiger partial charge in [0.05, 0.1) is 5.52 Å². The number of aryl methyl sites for hydroxylation is 1. The highest BCUT2D eigenvalue weighted by atomic mass is 15.0. The van der Waals surface area contributed by atoms with Crippen molar-refractivity contribution in [3.8, 4) is 11.4 Å². The minimum atomic E-state index is 0.742. The molecule has 3 aromatic rings. The van der Waals surface area contributed by atoms with Crippen LogP contribution in [-0.4, -0.2) is 21.5 Å². The maximum Gasteiger partial charge on any atom is 0.161 e. The largest absolute Gasteiger partial charge is 0.370 e. The number of benzene rings is 1. The Hall–Kier alpha value is -2.49. The fourth-order valence-electron chi connectivity index (χ4n) is 2.18. The monoisotopic (exact) mass is 264 g/mol. The minimum absolute atomic E-state index is 0.742. The number of hydrogen-bond donors (Lipinski definition) is 1. The highest BCUT2D eigenvalue weighted by Crippen LogP contribution is 2.22. The summed E-state index contributed by atoms with van der Waals surface area (Å²) in [5, 5.41) is 4.33. The van der Waals surface area contributed by atoms with Gasteiger partial charge in [0.25, 0.3) is 0 Å². The quantitative estimate of drug-likeness (QED) is 0.787. The van der Waals surface area contributed by atoms with Crippen LogP contribution < -0.4 is 5.32 Å². The summed E-state index contributed by atoms with van der Waals surface area (Å²) in [6, 6.07) is 12.0. The molecule has 0 bridgehead atoms. The summed E-state index contributed by atoms with van der Waals surface area (Å²) in [7, 11) is 0. The van der Waals surface area contributed by atoms with Crippen molar-refractivity contribution in [2.24, 2.45) is 0 Å². The molecule has 0 spiro atoms. The number of aromatic nitrogens is 3. The molecule has 0 amide bonds. The van der Waals surface area contributed by atoms with Gasteiger partial charge in [0.2, 0.25) is 0 Å². The molecule has 2 heterocycles. The zero-order chi connectivity index (χ0) is 13.9. The minimum Gasteiger partial charge on any atom is -0.370 e. The van der Waals surface area contributed by atoms with Crippen LogP contribution in [0.15, 0.2) is 42.6 Å². The first-order valence-corrected chi connectivity index (χ1v) is 6.71. The molecule has 0 radical (unpaired) electrons. The normalized spacial score (nSPS) is 10.7. The molecule has 4 nitrogen and oxygen atoms in total. The highest BCUT2D eigenvalue weighted by molar-refractivity contribution is 5.83. The number of nitrogens with zero attached hydrogens (tertiary/aromatic N) is 3. The SMILES string of the molecule is CCNc1cc(C)nc(-c2ccc3ncccc3c2)n1. The highest BCUT2D eigenvalue weighted by Gasteiger charge is 2.06. The van der Waals surface area contributed by atoms with Crippen molar-refractivity contribution in [1.82, 2.24) is 15.0 Å². The van der Waals surface area contributed by atoms with Crippen LogP contribution in [0.2, 0.25) is 0 Å². The average Bonchev–Trinajstić information content (AvgIpc) is 2.46. The van der Waals surface area contributed by atoms with Gasteiger partial charge in [-0.05, 0) is 38.1 Å². The number of nitrogens with one attached hydrogen (secondary N) is 1. The lowest BCUT2D eigenvalue weighted by atomic mass is 10.1. The standard InChI is InChI=1S/C16H16N4/c1-3-17-15-9-11(2)19-16(20-15)13-6-7-14-12(10-13)5-4-8-18-14/h4-10H,3H2,1-2H3,(H,17,19,20). The van der Waals surface area contributed by atoms with Gasteiger partial charge in [-0.2, -0.15) is 0 Å². The summed E-state index contributed by atoms with van der Waals surface area (Å²) in [5.74, 6) is 1.60. The number of anilines is 1. The molecule has 0 atom stereocenters. The lowest BCUT2D eigenvalue weighted by molar-refractivity contribution is 1.08. The van der Waals surface area contributed by atoms with Crippen LogP contribution in [0, 0.1) is 6.92 Å². The van der Waals surface area contributed by atoms with E-state index in [4.69, 9.17) is 0 Å². The van der Waals surface area contributed by atoms with Crippen molar-refractivity contribution < 1.29 is 0 Å². The first-order chi connectivity index (χ1) is 9.76. The van der Waals surface area contributed by atoms with E-state index < -0.39 is 0 Å². The van der Waals surface area contributed by atoms with E-state index in [2.05, 4.69) is 33.3 Å². The van der Waals surface area contributed by atoms with E-state index in [0.29, 0.717) is 0 Å². The Bertz CT molecular complexity index is 752. The summed E-state index contributed by atoms with van der Waals surface area (Å²) in [6.45, 7) is 4.88. The maximum atomic E-state index is 4.56. The Morgan fingerprint density at radius 2 is 2.00 bits per heavy atom. The van der Waals surface area contributed by atoms with Crippen molar-refractivity contribution in [3.63, 3.8) is 0 Å². The average molecular weight is 264 g/mol. The van der Waals surface area contributed by atoms with E-state index in [-0.39, 0.29) is 0 Å². The van der Waals surface area contributed by atoms with Crippen molar-refractivity contribution in [1.29, 1.82) is 0 Å². The third-order valence-corrected chi connectivity index (χ3v) is 3.07. The Morgan fingerprint density at radius 1 is 1.10 bits per heavy atom. The van der Waals surface area contributed by atoms with Crippen LogP contribution in [0.4, 0.5) is 5.82 Å². The van der Waals surface area contributed by atoms with Crippen LogP contribution in [0.5, 0.6) is 0 Å². The zero-order valence-corrected chi connectivity index (χ0v) is 11.6. The Kier molecular flexibility index (Phi) is 3.29. The zero-order valence-electron chi connectivity index (χ0n) is 11.6. The summed E-state index contributed by atoms with van der Waals surface area (Å²) >= 11 is 0. The summed E-state index contributed by atoms with van der Waals surface area (Å²) in [6.07, 6.45) is 1.80. The number of hydrogen-bond acceptors (Lipinski definition) is 4. The molecule has 0 aliphatic carbocycles. The first-order valence-electron chi connectivity index (χ1n) is 6.71. The molecule has 1 N–H and O–H groups in total. The van der Waals surface area contributed by atoms with Crippen LogP contribution in [0.3, 0.4) is 0 Å². The summed E-state index contributed by atoms with van der Waals surface area (Å²) in [5.41, 5.74) is 2.95. The third-order valence-electron chi connectivity index (χ3n) is 3.07. The molecule has 20 heavy (non-hydrogen) atoms. The van der Waals surface area contributed by atoms with Gasteiger partial charge in [-0.1, -0.05) is 6.07 Å². The predicted octanol–water partition coefficient (Wildman–Crippen LogP) is 3.43. The molecule has 1 aromatic carbocycles. The van der Waals surface area contributed by atoms with Gasteiger partial charge in [0.1, 0.15) is 5.82 Å². The van der Waals surface area contributed by atoms with E-state index in [1.165, 1.54) is 0 Å². The Morgan fingerprint density at radius 3 is 2.85 bits per heavy atom. The molecule has 3 rings (SSSR count). The maximum absolute atomic E-state index is 4.56. The van der Waals surface area contributed by atoms with E-state index in [1.807, 2.05) is 37.3 Å². The molecule has 0 aliphatic heterocycles. The molecule has 0 unspecified atom stereocenters. The first kappa shape index (κ1) is 12.5. The second kappa shape index (κ2) is 5.25. The second-order valence-corrected chi connectivity index (χ2v) is 4.66. The number of fused-ring (bicyclic) bond motifs is 1. The van der Waals surface area contributed by atoms with E-state index in [0.717, 1.165) is 40.3 Å². The Balaban J connectivity index is 2.10. The van der Waals surface area contributed by atoms with Crippen LogP contribution in [0.25, 0.3) is 22.3 Å². The van der Waals surface area contributed by atoms with Crippen molar-refractivity contribution in [2.45, 2.75) is 13.8 Å². The van der Waals surface area contributed by atoms with Crippen LogP contribution >= 0.6 is 0 Å². The van der Waals surface area contributed by atoms with Crippen molar-refractivity contribution in [3.05, 3.63) is 48.3 Å². The summed E-state index contributed by atoms with van der Waals surface area (Å²) < 4.78 is 0. The van der Waals surface area contributed by atoms with Crippen LogP contribution in [0.1, 0.15) is 12.6 Å². The molecular weight excluding hydrogens is 248 g/mol. The van der Waals surface area contributed by atoms with Gasteiger partial charge in [-0.3, -0.25) is 4.98 Å². The molecular formula is C16H16N4. The lowest BCUT2D eigenvalue weighted by Gasteiger charge is -2.07. The predicted molar refractivity (Wildman–Crippen MR) is 81.7 cm³/mol. The molecule has 0 aliphatic rings. The second-order valence-electron chi connectivity index (χ2n) is 4.66. The molecule has 0 fully saturated rings. The van der Waals surface area contributed by atoms with E-state index in [1.54, 1.807) is 6.20 Å². The molecule has 4 heteroatoms.